The third kappa shape index (κ3) is 10.1. The lowest BCUT2D eigenvalue weighted by Gasteiger charge is -2.16. The molecule has 2 N–H and O–H groups in total. The second kappa shape index (κ2) is 13.9. The van der Waals surface area contributed by atoms with Gasteiger partial charge in [0.15, 0.2) is 12.1 Å². The Morgan fingerprint density at radius 2 is 1.27 bits per heavy atom. The summed E-state index contributed by atoms with van der Waals surface area (Å²) in [4.78, 5) is 22.2. The van der Waals surface area contributed by atoms with Crippen LogP contribution in [0.4, 0.5) is 0 Å². The van der Waals surface area contributed by atoms with Crippen molar-refractivity contribution in [2.75, 3.05) is 6.61 Å². The van der Waals surface area contributed by atoms with Crippen molar-refractivity contribution in [2.45, 2.75) is 96.0 Å². The number of ketones is 1. The van der Waals surface area contributed by atoms with Gasteiger partial charge in [0.2, 0.25) is 5.60 Å². The van der Waals surface area contributed by atoms with Crippen LogP contribution in [0, 0.1) is 0 Å². The first-order valence-electron chi connectivity index (χ1n) is 8.93. The van der Waals surface area contributed by atoms with Gasteiger partial charge in [0.1, 0.15) is 0 Å². The van der Waals surface area contributed by atoms with E-state index in [1.807, 2.05) is 0 Å². The number of aldehydes is 1. The van der Waals surface area contributed by atoms with Crippen molar-refractivity contribution >= 4 is 12.1 Å². The van der Waals surface area contributed by atoms with Gasteiger partial charge >= 0.3 is 0 Å². The van der Waals surface area contributed by atoms with Crippen LogP contribution in [0.2, 0.25) is 0 Å². The minimum absolute atomic E-state index is 0.135. The van der Waals surface area contributed by atoms with Gasteiger partial charge in [0.25, 0.3) is 0 Å². The van der Waals surface area contributed by atoms with Gasteiger partial charge in [-0.25, -0.2) is 0 Å². The molecule has 1 atom stereocenters. The Hall–Kier alpha value is -0.740. The summed E-state index contributed by atoms with van der Waals surface area (Å²) in [5.41, 5.74) is -2.18. The number of Topliss-reactive ketones (excluding diaryl/α,β-unsaturated/α-hetero) is 1. The minimum Gasteiger partial charge on any atom is -0.392 e. The SMILES string of the molecule is CCCCCCCCCCCCCCC(=O)[C@](O)(C=O)CO. The highest BCUT2D eigenvalue weighted by Gasteiger charge is 2.33. The Labute approximate surface area is 135 Å². The fourth-order valence-electron chi connectivity index (χ4n) is 2.53. The second-order valence-electron chi connectivity index (χ2n) is 6.26. The van der Waals surface area contributed by atoms with E-state index in [1.54, 1.807) is 0 Å². The molecule has 0 aliphatic heterocycles. The average molecular weight is 314 g/mol. The Morgan fingerprint density at radius 1 is 0.864 bits per heavy atom. The highest BCUT2D eigenvalue weighted by atomic mass is 16.3. The number of carbonyl (C=O) groups excluding carboxylic acids is 2. The molecule has 0 bridgehead atoms. The van der Waals surface area contributed by atoms with Crippen molar-refractivity contribution in [3.63, 3.8) is 0 Å². The average Bonchev–Trinajstić information content (AvgIpc) is 2.54. The van der Waals surface area contributed by atoms with E-state index in [0.717, 1.165) is 12.8 Å². The molecule has 0 saturated heterocycles. The van der Waals surface area contributed by atoms with E-state index >= 15 is 0 Å². The predicted molar refractivity (Wildman–Crippen MR) is 88.8 cm³/mol. The summed E-state index contributed by atoms with van der Waals surface area (Å²) in [6, 6.07) is 0. The third-order valence-electron chi connectivity index (χ3n) is 4.18. The fourth-order valence-corrected chi connectivity index (χ4v) is 2.53. The second-order valence-corrected chi connectivity index (χ2v) is 6.26. The summed E-state index contributed by atoms with van der Waals surface area (Å²) in [5, 5.41) is 18.4. The first-order chi connectivity index (χ1) is 10.6. The van der Waals surface area contributed by atoms with Crippen LogP contribution in [0.3, 0.4) is 0 Å². The Balaban J connectivity index is 3.37. The van der Waals surface area contributed by atoms with E-state index in [1.165, 1.54) is 57.8 Å². The van der Waals surface area contributed by atoms with Crippen LogP contribution < -0.4 is 0 Å². The Morgan fingerprint density at radius 3 is 1.64 bits per heavy atom. The van der Waals surface area contributed by atoms with E-state index in [0.29, 0.717) is 6.42 Å². The molecule has 22 heavy (non-hydrogen) atoms. The highest BCUT2D eigenvalue weighted by Crippen LogP contribution is 2.14. The van der Waals surface area contributed by atoms with E-state index in [9.17, 15) is 14.7 Å². The van der Waals surface area contributed by atoms with Gasteiger partial charge in [0, 0.05) is 6.42 Å². The molecule has 0 fully saturated rings. The molecule has 0 aromatic rings. The third-order valence-corrected chi connectivity index (χ3v) is 4.18. The van der Waals surface area contributed by atoms with Crippen molar-refractivity contribution in [3.8, 4) is 0 Å². The largest absolute Gasteiger partial charge is 0.392 e. The molecule has 0 rings (SSSR count). The number of rotatable bonds is 16. The molecule has 4 heteroatoms. The molecule has 0 radical (unpaired) electrons. The van der Waals surface area contributed by atoms with Crippen molar-refractivity contribution in [1.29, 1.82) is 0 Å². The number of hydrogen-bond acceptors (Lipinski definition) is 4. The smallest absolute Gasteiger partial charge is 0.201 e. The molecule has 0 heterocycles. The molecule has 0 aromatic carbocycles. The van der Waals surface area contributed by atoms with Crippen LogP contribution >= 0.6 is 0 Å². The molecule has 0 saturated carbocycles. The van der Waals surface area contributed by atoms with Gasteiger partial charge in [-0.2, -0.15) is 0 Å². The van der Waals surface area contributed by atoms with E-state index < -0.39 is 18.0 Å². The van der Waals surface area contributed by atoms with Crippen LogP contribution in [0.1, 0.15) is 90.4 Å². The summed E-state index contributed by atoms with van der Waals surface area (Å²) >= 11 is 0. The summed E-state index contributed by atoms with van der Waals surface area (Å²) in [7, 11) is 0. The zero-order valence-corrected chi connectivity index (χ0v) is 14.2. The Bertz CT molecular complexity index is 291. The molecule has 0 aliphatic rings. The van der Waals surface area contributed by atoms with Gasteiger partial charge in [0.05, 0.1) is 6.61 Å². The topological polar surface area (TPSA) is 74.6 Å². The molecular weight excluding hydrogens is 280 g/mol. The maximum atomic E-state index is 11.6. The predicted octanol–water partition coefficient (Wildman–Crippen LogP) is 3.57. The molecular formula is C18H34O4. The molecule has 4 nitrogen and oxygen atoms in total. The van der Waals surface area contributed by atoms with Crippen LogP contribution in [0.5, 0.6) is 0 Å². The van der Waals surface area contributed by atoms with Crippen LogP contribution in [0.15, 0.2) is 0 Å². The quantitative estimate of drug-likeness (QED) is 0.259. The summed E-state index contributed by atoms with van der Waals surface area (Å²) in [5.74, 6) is -0.572. The maximum absolute atomic E-state index is 11.6. The molecule has 130 valence electrons. The van der Waals surface area contributed by atoms with E-state index in [4.69, 9.17) is 5.11 Å². The minimum atomic E-state index is -2.18. The number of carbonyl (C=O) groups is 2. The molecule has 0 amide bonds. The van der Waals surface area contributed by atoms with Gasteiger partial charge in [-0.05, 0) is 6.42 Å². The fraction of sp³-hybridized carbons (Fsp3) is 0.889. The van der Waals surface area contributed by atoms with Crippen molar-refractivity contribution in [3.05, 3.63) is 0 Å². The van der Waals surface area contributed by atoms with Gasteiger partial charge < -0.3 is 10.2 Å². The summed E-state index contributed by atoms with van der Waals surface area (Å²) < 4.78 is 0. The van der Waals surface area contributed by atoms with Crippen molar-refractivity contribution in [2.24, 2.45) is 0 Å². The van der Waals surface area contributed by atoms with Gasteiger partial charge in [-0.1, -0.05) is 77.6 Å². The lowest BCUT2D eigenvalue weighted by molar-refractivity contribution is -0.147. The zero-order chi connectivity index (χ0) is 16.7. The van der Waals surface area contributed by atoms with E-state index in [2.05, 4.69) is 6.92 Å². The number of aliphatic hydroxyl groups excluding tert-OH is 1. The molecule has 0 spiro atoms. The maximum Gasteiger partial charge on any atom is 0.201 e. The van der Waals surface area contributed by atoms with Gasteiger partial charge in [-0.3, -0.25) is 9.59 Å². The van der Waals surface area contributed by atoms with Crippen molar-refractivity contribution < 1.29 is 19.8 Å². The summed E-state index contributed by atoms with van der Waals surface area (Å²) in [6.45, 7) is 1.41. The summed E-state index contributed by atoms with van der Waals surface area (Å²) in [6.07, 6.45) is 14.8. The Kier molecular flexibility index (Phi) is 13.4. The molecule has 0 aromatic heterocycles. The standard InChI is InChI=1S/C18H34O4/c1-2-3-4-5-6-7-8-9-10-11-12-13-14-17(21)18(22,15-19)16-20/h15,20,22H,2-14,16H2,1H3/t18-/m0/s1. The van der Waals surface area contributed by atoms with E-state index in [-0.39, 0.29) is 12.7 Å². The van der Waals surface area contributed by atoms with Crippen LogP contribution in [-0.2, 0) is 9.59 Å². The molecule has 0 unspecified atom stereocenters. The number of hydrogen-bond donors (Lipinski definition) is 2. The lowest BCUT2D eigenvalue weighted by Crippen LogP contribution is -2.43. The van der Waals surface area contributed by atoms with Crippen LogP contribution in [-0.4, -0.2) is 34.5 Å². The molecule has 0 aliphatic carbocycles. The first-order valence-corrected chi connectivity index (χ1v) is 8.93. The van der Waals surface area contributed by atoms with Crippen molar-refractivity contribution in [1.82, 2.24) is 0 Å². The van der Waals surface area contributed by atoms with Crippen LogP contribution in [0.25, 0.3) is 0 Å². The lowest BCUT2D eigenvalue weighted by atomic mass is 9.96. The zero-order valence-electron chi connectivity index (χ0n) is 14.2. The number of aliphatic hydroxyl groups is 2. The highest BCUT2D eigenvalue weighted by molar-refractivity contribution is 6.01. The first kappa shape index (κ1) is 21.3. The normalized spacial score (nSPS) is 13.8. The van der Waals surface area contributed by atoms with Gasteiger partial charge in [-0.15, -0.1) is 0 Å². The number of unbranched alkanes of at least 4 members (excludes halogenated alkanes) is 11. The monoisotopic (exact) mass is 314 g/mol.